The molecule has 2 aliphatic heterocycles. The van der Waals surface area contributed by atoms with Gasteiger partial charge in [0, 0.05) is 40.5 Å². The Balaban J connectivity index is 1.62. The molecule has 1 aromatic heterocycles. The first-order chi connectivity index (χ1) is 12.8. The van der Waals surface area contributed by atoms with Crippen LogP contribution in [-0.4, -0.2) is 63.5 Å². The van der Waals surface area contributed by atoms with E-state index in [9.17, 15) is 9.00 Å². The van der Waals surface area contributed by atoms with E-state index in [1.54, 1.807) is 6.20 Å². The number of morpholine rings is 1. The van der Waals surface area contributed by atoms with E-state index in [1.165, 1.54) is 0 Å². The topological polar surface area (TPSA) is 83.9 Å². The molecule has 1 aromatic rings. The highest BCUT2D eigenvalue weighted by Crippen LogP contribution is 2.32. The van der Waals surface area contributed by atoms with Crippen LogP contribution in [0.3, 0.4) is 0 Å². The number of carbonyl (C=O) groups excluding carboxylic acids is 1. The number of hydrogen-bond acceptors (Lipinski definition) is 5. The maximum absolute atomic E-state index is 12.8. The van der Waals surface area contributed by atoms with E-state index in [0.29, 0.717) is 50.6 Å². The van der Waals surface area contributed by atoms with Crippen molar-refractivity contribution in [3.8, 4) is 0 Å². The average Bonchev–Trinajstić information content (AvgIpc) is 2.65. The number of aromatic nitrogens is 1. The minimum Gasteiger partial charge on any atom is -0.371 e. The standard InChI is InChI=1S/C19H30N4O3S/c1-4-21-27(25)11-6-19(7-12-27)14-23(9-10-26-19)18(24)22-16(3)17-13-15(2)5-8-20-17/h5,8,13,16H,4,6-7,9-12,14H2,1-3H3,(H,22,24). The summed E-state index contributed by atoms with van der Waals surface area (Å²) in [6.07, 6.45) is 3.14. The van der Waals surface area contributed by atoms with E-state index >= 15 is 0 Å². The van der Waals surface area contributed by atoms with Crippen molar-refractivity contribution in [3.05, 3.63) is 29.6 Å². The molecule has 7 nitrogen and oxygen atoms in total. The molecule has 150 valence electrons. The van der Waals surface area contributed by atoms with Crippen LogP contribution in [0, 0.1) is 6.92 Å². The number of nitrogens with zero attached hydrogens (tertiary/aromatic N) is 3. The van der Waals surface area contributed by atoms with Crippen molar-refractivity contribution in [3.63, 3.8) is 0 Å². The van der Waals surface area contributed by atoms with Crippen LogP contribution in [-0.2, 0) is 14.5 Å². The van der Waals surface area contributed by atoms with Crippen LogP contribution < -0.4 is 5.32 Å². The molecule has 8 heteroatoms. The van der Waals surface area contributed by atoms with Gasteiger partial charge in [0.15, 0.2) is 0 Å². The highest BCUT2D eigenvalue weighted by atomic mass is 32.2. The number of rotatable bonds is 3. The molecule has 2 fully saturated rings. The molecule has 0 aliphatic carbocycles. The van der Waals surface area contributed by atoms with Crippen LogP contribution in [0.4, 0.5) is 4.79 Å². The zero-order chi connectivity index (χ0) is 19.5. The summed E-state index contributed by atoms with van der Waals surface area (Å²) >= 11 is 0. The number of pyridine rings is 1. The first-order valence-corrected chi connectivity index (χ1v) is 11.5. The molecule has 0 bridgehead atoms. The fourth-order valence-electron chi connectivity index (χ4n) is 3.75. The molecular weight excluding hydrogens is 364 g/mol. The molecule has 1 N–H and O–H groups in total. The van der Waals surface area contributed by atoms with Gasteiger partial charge < -0.3 is 15.0 Å². The molecule has 27 heavy (non-hydrogen) atoms. The van der Waals surface area contributed by atoms with Gasteiger partial charge in [-0.25, -0.2) is 13.4 Å². The van der Waals surface area contributed by atoms with Gasteiger partial charge in [0.1, 0.15) is 0 Å². The molecule has 1 unspecified atom stereocenters. The Kier molecular flexibility index (Phi) is 6.05. The third kappa shape index (κ3) is 4.79. The fraction of sp³-hybridized carbons (Fsp3) is 0.684. The molecular formula is C19H30N4O3S. The average molecular weight is 395 g/mol. The minimum atomic E-state index is -2.09. The van der Waals surface area contributed by atoms with Crippen LogP contribution in [0.15, 0.2) is 22.7 Å². The Morgan fingerprint density at radius 2 is 2.22 bits per heavy atom. The van der Waals surface area contributed by atoms with Crippen molar-refractivity contribution in [1.29, 1.82) is 0 Å². The third-order valence-corrected chi connectivity index (χ3v) is 7.79. The lowest BCUT2D eigenvalue weighted by Crippen LogP contribution is -2.58. The largest absolute Gasteiger partial charge is 0.371 e. The monoisotopic (exact) mass is 394 g/mol. The molecule has 2 amide bonds. The van der Waals surface area contributed by atoms with E-state index in [2.05, 4.69) is 14.7 Å². The van der Waals surface area contributed by atoms with Crippen molar-refractivity contribution in [1.82, 2.24) is 15.2 Å². The lowest BCUT2D eigenvalue weighted by molar-refractivity contribution is -0.102. The van der Waals surface area contributed by atoms with Crippen molar-refractivity contribution in [2.75, 3.05) is 37.7 Å². The lowest BCUT2D eigenvalue weighted by atomic mass is 9.94. The highest BCUT2D eigenvalue weighted by molar-refractivity contribution is 7.93. The van der Waals surface area contributed by atoms with Gasteiger partial charge in [-0.05, 0) is 51.3 Å². The Morgan fingerprint density at radius 1 is 1.48 bits per heavy atom. The summed E-state index contributed by atoms with van der Waals surface area (Å²) in [6.45, 7) is 8.08. The molecule has 2 saturated heterocycles. The van der Waals surface area contributed by atoms with Crippen LogP contribution in [0.2, 0.25) is 0 Å². The Labute approximate surface area is 162 Å². The Bertz CT molecular complexity index is 790. The maximum Gasteiger partial charge on any atom is 0.318 e. The Morgan fingerprint density at radius 3 is 2.89 bits per heavy atom. The summed E-state index contributed by atoms with van der Waals surface area (Å²) in [5, 5.41) is 3.05. The van der Waals surface area contributed by atoms with Crippen molar-refractivity contribution >= 4 is 15.8 Å². The second-order valence-electron chi connectivity index (χ2n) is 7.51. The van der Waals surface area contributed by atoms with Gasteiger partial charge >= 0.3 is 6.03 Å². The van der Waals surface area contributed by atoms with Crippen molar-refractivity contribution < 1.29 is 13.7 Å². The molecule has 0 radical (unpaired) electrons. The van der Waals surface area contributed by atoms with E-state index in [4.69, 9.17) is 4.74 Å². The Hall–Kier alpha value is -1.67. The van der Waals surface area contributed by atoms with Crippen molar-refractivity contribution in [2.45, 2.75) is 45.3 Å². The van der Waals surface area contributed by atoms with Gasteiger partial charge in [-0.2, -0.15) is 0 Å². The summed E-state index contributed by atoms with van der Waals surface area (Å²) in [5.74, 6) is 1.11. The number of carbonyl (C=O) groups is 1. The predicted octanol–water partition coefficient (Wildman–Crippen LogP) is 2.51. The van der Waals surface area contributed by atoms with E-state index in [1.807, 2.05) is 37.8 Å². The smallest absolute Gasteiger partial charge is 0.318 e. The lowest BCUT2D eigenvalue weighted by Gasteiger charge is -2.45. The van der Waals surface area contributed by atoms with E-state index in [-0.39, 0.29) is 17.7 Å². The van der Waals surface area contributed by atoms with Crippen LogP contribution in [0.25, 0.3) is 0 Å². The van der Waals surface area contributed by atoms with Crippen LogP contribution >= 0.6 is 0 Å². The second kappa shape index (κ2) is 8.14. The second-order valence-corrected chi connectivity index (χ2v) is 10.1. The van der Waals surface area contributed by atoms with Gasteiger partial charge in [-0.3, -0.25) is 4.98 Å². The van der Waals surface area contributed by atoms with Gasteiger partial charge in [0.2, 0.25) is 0 Å². The third-order valence-electron chi connectivity index (χ3n) is 5.37. The number of urea groups is 1. The summed E-state index contributed by atoms with van der Waals surface area (Å²) in [4.78, 5) is 19.0. The summed E-state index contributed by atoms with van der Waals surface area (Å²) in [5.41, 5.74) is 1.59. The van der Waals surface area contributed by atoms with Crippen molar-refractivity contribution in [2.24, 2.45) is 4.36 Å². The van der Waals surface area contributed by atoms with Gasteiger partial charge in [0.25, 0.3) is 0 Å². The highest BCUT2D eigenvalue weighted by Gasteiger charge is 2.42. The number of amides is 2. The molecule has 1 atom stereocenters. The summed E-state index contributed by atoms with van der Waals surface area (Å²) in [7, 11) is -2.09. The predicted molar refractivity (Wildman–Crippen MR) is 106 cm³/mol. The van der Waals surface area contributed by atoms with Crippen LogP contribution in [0.1, 0.15) is 44.0 Å². The maximum atomic E-state index is 12.8. The zero-order valence-electron chi connectivity index (χ0n) is 16.4. The summed E-state index contributed by atoms with van der Waals surface area (Å²) < 4.78 is 23.0. The molecule has 1 spiro atoms. The molecule has 0 saturated carbocycles. The minimum absolute atomic E-state index is 0.0990. The summed E-state index contributed by atoms with van der Waals surface area (Å²) in [6, 6.07) is 3.67. The number of hydrogen-bond donors (Lipinski definition) is 1. The number of ether oxygens (including phenoxy) is 1. The number of nitrogens with one attached hydrogen (secondary N) is 1. The van der Waals surface area contributed by atoms with Gasteiger partial charge in [-0.1, -0.05) is 0 Å². The van der Waals surface area contributed by atoms with E-state index < -0.39 is 9.73 Å². The van der Waals surface area contributed by atoms with Gasteiger partial charge in [0.05, 0.1) is 30.5 Å². The molecule has 3 heterocycles. The fourth-order valence-corrected chi connectivity index (χ4v) is 6.06. The molecule has 0 aromatic carbocycles. The van der Waals surface area contributed by atoms with Crippen LogP contribution in [0.5, 0.6) is 0 Å². The first-order valence-electron chi connectivity index (χ1n) is 9.65. The quantitative estimate of drug-likeness (QED) is 0.854. The molecule has 2 aliphatic rings. The number of aryl methyl sites for hydroxylation is 1. The normalized spacial score (nSPS) is 29.4. The molecule has 3 rings (SSSR count). The first kappa shape index (κ1) is 20.1. The van der Waals surface area contributed by atoms with E-state index in [0.717, 1.165) is 11.3 Å². The SMILES string of the molecule is CCN=S1(=O)CCC2(CC1)CN(C(=O)NC(C)c1cc(C)ccn1)CCO2. The zero-order valence-corrected chi connectivity index (χ0v) is 17.3. The van der Waals surface area contributed by atoms with Gasteiger partial charge in [-0.15, -0.1) is 0 Å².